The molecule has 0 radical (unpaired) electrons. The molecule has 0 spiro atoms. The summed E-state index contributed by atoms with van der Waals surface area (Å²) < 4.78 is 5.26. The summed E-state index contributed by atoms with van der Waals surface area (Å²) >= 11 is 2.96. The van der Waals surface area contributed by atoms with Gasteiger partial charge >= 0.3 is 6.09 Å². The maximum absolute atomic E-state index is 12.3. The number of rotatable bonds is 7. The molecular formula is C21H23N3O4S2. The number of amides is 2. The average molecular weight is 446 g/mol. The van der Waals surface area contributed by atoms with Gasteiger partial charge < -0.3 is 20.5 Å². The molecule has 0 aliphatic heterocycles. The van der Waals surface area contributed by atoms with E-state index in [0.29, 0.717) is 23.4 Å². The van der Waals surface area contributed by atoms with Crippen LogP contribution in [0.3, 0.4) is 0 Å². The predicted molar refractivity (Wildman–Crippen MR) is 118 cm³/mol. The first kappa shape index (κ1) is 22.0. The number of alkyl carbamates (subject to hydrolysis) is 1. The number of carbonyl (C=O) groups is 2. The van der Waals surface area contributed by atoms with Crippen LogP contribution in [0, 0.1) is 17.2 Å². The number of nitriles is 1. The highest BCUT2D eigenvalue weighted by molar-refractivity contribution is 7.16. The lowest BCUT2D eigenvalue weighted by Crippen LogP contribution is -2.36. The minimum atomic E-state index is -0.545. The van der Waals surface area contributed by atoms with Gasteiger partial charge in [0.2, 0.25) is 5.91 Å². The Balaban J connectivity index is 1.60. The molecule has 2 aromatic rings. The van der Waals surface area contributed by atoms with Gasteiger partial charge in [0, 0.05) is 15.8 Å². The first-order valence-corrected chi connectivity index (χ1v) is 11.3. The van der Waals surface area contributed by atoms with Gasteiger partial charge in [-0.05, 0) is 55.2 Å². The molecule has 1 aliphatic carbocycles. The van der Waals surface area contributed by atoms with E-state index in [2.05, 4.69) is 16.7 Å². The average Bonchev–Trinajstić information content (AvgIpc) is 3.37. The van der Waals surface area contributed by atoms with E-state index in [0.717, 1.165) is 21.7 Å². The molecule has 0 aromatic carbocycles. The molecule has 9 heteroatoms. The number of fused-ring (bicyclic) bond motifs is 1. The summed E-state index contributed by atoms with van der Waals surface area (Å²) in [5, 5.41) is 26.5. The monoisotopic (exact) mass is 445 g/mol. The second-order valence-electron chi connectivity index (χ2n) is 7.09. The smallest absolute Gasteiger partial charge is 0.407 e. The second-order valence-corrected chi connectivity index (χ2v) is 9.18. The first-order valence-electron chi connectivity index (χ1n) is 9.61. The van der Waals surface area contributed by atoms with E-state index in [4.69, 9.17) is 9.84 Å². The van der Waals surface area contributed by atoms with Gasteiger partial charge in [-0.25, -0.2) is 4.79 Å². The van der Waals surface area contributed by atoms with Crippen LogP contribution in [0.1, 0.15) is 34.2 Å². The first-order chi connectivity index (χ1) is 14.5. The molecule has 2 aromatic heterocycles. The Morgan fingerprint density at radius 3 is 3.03 bits per heavy atom. The number of aliphatic hydroxyl groups excluding tert-OH is 1. The van der Waals surface area contributed by atoms with Crippen molar-refractivity contribution in [2.75, 3.05) is 18.5 Å². The number of aliphatic hydroxyl groups is 1. The van der Waals surface area contributed by atoms with Crippen molar-refractivity contribution in [2.45, 2.75) is 32.2 Å². The second kappa shape index (κ2) is 10.4. The highest BCUT2D eigenvalue weighted by Crippen LogP contribution is 2.39. The van der Waals surface area contributed by atoms with E-state index >= 15 is 0 Å². The maximum Gasteiger partial charge on any atom is 0.407 e. The molecule has 0 bridgehead atoms. The summed E-state index contributed by atoms with van der Waals surface area (Å²) in [6, 6.07) is 5.71. The van der Waals surface area contributed by atoms with Crippen LogP contribution in [0.2, 0.25) is 0 Å². The Morgan fingerprint density at radius 2 is 2.33 bits per heavy atom. The number of nitrogens with one attached hydrogen (secondary N) is 2. The number of nitrogens with zero attached hydrogens (tertiary/aromatic N) is 1. The van der Waals surface area contributed by atoms with Crippen molar-refractivity contribution in [3.63, 3.8) is 0 Å². The summed E-state index contributed by atoms with van der Waals surface area (Å²) in [7, 11) is 0. The van der Waals surface area contributed by atoms with Crippen LogP contribution in [-0.2, 0) is 22.4 Å². The Hall–Kier alpha value is -2.67. The highest BCUT2D eigenvalue weighted by atomic mass is 32.1. The van der Waals surface area contributed by atoms with Crippen LogP contribution in [0.5, 0.6) is 0 Å². The molecule has 1 aliphatic rings. The third-order valence-electron chi connectivity index (χ3n) is 4.75. The van der Waals surface area contributed by atoms with Crippen molar-refractivity contribution in [3.05, 3.63) is 44.5 Å². The summed E-state index contributed by atoms with van der Waals surface area (Å²) in [5.41, 5.74) is 1.51. The van der Waals surface area contributed by atoms with Gasteiger partial charge in [0.1, 0.15) is 11.1 Å². The molecular weight excluding hydrogens is 422 g/mol. The van der Waals surface area contributed by atoms with E-state index in [1.807, 2.05) is 17.5 Å². The van der Waals surface area contributed by atoms with Crippen LogP contribution in [0.25, 0.3) is 6.08 Å². The third-order valence-corrected chi connectivity index (χ3v) is 6.75. The Kier molecular flexibility index (Phi) is 7.63. The molecule has 2 heterocycles. The van der Waals surface area contributed by atoms with Crippen LogP contribution in [0.15, 0.2) is 23.6 Å². The lowest BCUT2D eigenvalue weighted by Gasteiger charge is -2.22. The maximum atomic E-state index is 12.3. The third kappa shape index (κ3) is 5.69. The van der Waals surface area contributed by atoms with Gasteiger partial charge in [-0.2, -0.15) is 5.26 Å². The number of ether oxygens (including phenoxy) is 1. The standard InChI is InChI=1S/C21H23N3O4S2/c1-13(11-25)23-21(27)28-12-14-4-6-16-17(10-22)20(30-18(16)9-14)24-19(26)7-5-15-3-2-8-29-15/h2-3,5,7-8,13-14,25H,4,6,9,11-12H2,1H3,(H,23,27)(H,24,26)/b7-5+. The molecule has 2 atom stereocenters. The zero-order valence-electron chi connectivity index (χ0n) is 16.5. The van der Waals surface area contributed by atoms with Gasteiger partial charge in [-0.15, -0.1) is 22.7 Å². The summed E-state index contributed by atoms with van der Waals surface area (Å²) in [6.07, 6.45) is 4.87. The van der Waals surface area contributed by atoms with Gasteiger partial charge in [0.25, 0.3) is 0 Å². The van der Waals surface area contributed by atoms with Crippen molar-refractivity contribution in [3.8, 4) is 6.07 Å². The fourth-order valence-electron chi connectivity index (χ4n) is 3.18. The molecule has 2 amide bonds. The molecule has 158 valence electrons. The van der Waals surface area contributed by atoms with Crippen molar-refractivity contribution >= 4 is 45.8 Å². The van der Waals surface area contributed by atoms with Gasteiger partial charge in [0.15, 0.2) is 0 Å². The Morgan fingerprint density at radius 1 is 1.50 bits per heavy atom. The molecule has 7 nitrogen and oxygen atoms in total. The van der Waals surface area contributed by atoms with E-state index < -0.39 is 6.09 Å². The van der Waals surface area contributed by atoms with E-state index in [-0.39, 0.29) is 31.1 Å². The number of anilines is 1. The van der Waals surface area contributed by atoms with Crippen LogP contribution in [0.4, 0.5) is 9.80 Å². The van der Waals surface area contributed by atoms with E-state index in [9.17, 15) is 14.9 Å². The van der Waals surface area contributed by atoms with Crippen LogP contribution >= 0.6 is 22.7 Å². The van der Waals surface area contributed by atoms with E-state index in [1.54, 1.807) is 24.3 Å². The fourth-order valence-corrected chi connectivity index (χ4v) is 5.12. The van der Waals surface area contributed by atoms with Crippen molar-refractivity contribution in [2.24, 2.45) is 5.92 Å². The molecule has 0 fully saturated rings. The van der Waals surface area contributed by atoms with Crippen molar-refractivity contribution in [1.82, 2.24) is 5.32 Å². The van der Waals surface area contributed by atoms with Crippen molar-refractivity contribution in [1.29, 1.82) is 5.26 Å². The van der Waals surface area contributed by atoms with Gasteiger partial charge in [-0.1, -0.05) is 6.07 Å². The molecule has 3 N–H and O–H groups in total. The molecule has 2 unspecified atom stereocenters. The molecule has 0 saturated heterocycles. The van der Waals surface area contributed by atoms with Crippen LogP contribution < -0.4 is 10.6 Å². The van der Waals surface area contributed by atoms with Gasteiger partial charge in [-0.3, -0.25) is 4.79 Å². The summed E-state index contributed by atoms with van der Waals surface area (Å²) in [6.45, 7) is 1.81. The number of hydrogen-bond donors (Lipinski definition) is 3. The Bertz CT molecular complexity index is 960. The number of hydrogen-bond acceptors (Lipinski definition) is 7. The zero-order chi connectivity index (χ0) is 21.5. The lowest BCUT2D eigenvalue weighted by atomic mass is 9.88. The lowest BCUT2D eigenvalue weighted by molar-refractivity contribution is -0.111. The Labute approximate surface area is 183 Å². The van der Waals surface area contributed by atoms with E-state index in [1.165, 1.54) is 17.4 Å². The molecule has 3 rings (SSSR count). The number of thiophene rings is 2. The number of carbonyl (C=O) groups excluding carboxylic acids is 2. The normalized spacial score (nSPS) is 16.5. The predicted octanol–water partition coefficient (Wildman–Crippen LogP) is 3.55. The minimum absolute atomic E-state index is 0.148. The van der Waals surface area contributed by atoms with Gasteiger partial charge in [0.05, 0.1) is 24.8 Å². The SMILES string of the molecule is CC(CO)NC(=O)OCC1CCc2c(sc(NC(=O)/C=C/c3cccs3)c2C#N)C1. The highest BCUT2D eigenvalue weighted by Gasteiger charge is 2.27. The quantitative estimate of drug-likeness (QED) is 0.565. The zero-order valence-corrected chi connectivity index (χ0v) is 18.1. The fraction of sp³-hybridized carbons (Fsp3) is 0.381. The molecule has 0 saturated carbocycles. The van der Waals surface area contributed by atoms with Crippen LogP contribution in [-0.4, -0.2) is 36.4 Å². The summed E-state index contributed by atoms with van der Waals surface area (Å²) in [5.74, 6) is -0.117. The minimum Gasteiger partial charge on any atom is -0.449 e. The topological polar surface area (TPSA) is 111 Å². The largest absolute Gasteiger partial charge is 0.449 e. The van der Waals surface area contributed by atoms with Crippen molar-refractivity contribution < 1.29 is 19.4 Å². The summed E-state index contributed by atoms with van der Waals surface area (Å²) in [4.78, 5) is 26.0. The molecule has 30 heavy (non-hydrogen) atoms.